The first kappa shape index (κ1) is 11.8. The standard InChI is InChI=1S/C12H18BrN3/c1-10-12(15-8-7-14-10)16(9-6-13)11-4-2-3-5-11/h7-8,11H,2-6,9H2,1H3. The summed E-state index contributed by atoms with van der Waals surface area (Å²) in [4.78, 5) is 11.2. The summed E-state index contributed by atoms with van der Waals surface area (Å²) in [6.45, 7) is 3.06. The second kappa shape index (κ2) is 5.62. The fourth-order valence-electron chi connectivity index (χ4n) is 2.45. The molecule has 0 aromatic carbocycles. The molecule has 1 fully saturated rings. The molecule has 1 aromatic rings. The molecule has 3 nitrogen and oxygen atoms in total. The Morgan fingerprint density at radius 2 is 2.00 bits per heavy atom. The summed E-state index contributed by atoms with van der Waals surface area (Å²) in [6.07, 6.45) is 8.84. The fourth-order valence-corrected chi connectivity index (χ4v) is 2.83. The van der Waals surface area contributed by atoms with E-state index in [1.54, 1.807) is 12.4 Å². The average molecular weight is 284 g/mol. The van der Waals surface area contributed by atoms with Gasteiger partial charge in [0, 0.05) is 30.3 Å². The lowest BCUT2D eigenvalue weighted by Gasteiger charge is -2.30. The van der Waals surface area contributed by atoms with Gasteiger partial charge in [-0.15, -0.1) is 0 Å². The van der Waals surface area contributed by atoms with E-state index in [0.29, 0.717) is 6.04 Å². The molecule has 0 atom stereocenters. The van der Waals surface area contributed by atoms with Gasteiger partial charge in [-0.05, 0) is 19.8 Å². The van der Waals surface area contributed by atoms with Crippen LogP contribution in [0.2, 0.25) is 0 Å². The van der Waals surface area contributed by atoms with Crippen molar-refractivity contribution in [3.8, 4) is 0 Å². The van der Waals surface area contributed by atoms with Crippen molar-refractivity contribution in [2.45, 2.75) is 38.6 Å². The molecule has 1 aliphatic rings. The summed E-state index contributed by atoms with van der Waals surface area (Å²) in [5, 5.41) is 0.986. The van der Waals surface area contributed by atoms with Gasteiger partial charge in [0.15, 0.2) is 0 Å². The molecule has 2 rings (SSSR count). The molecular weight excluding hydrogens is 266 g/mol. The third-order valence-corrected chi connectivity index (χ3v) is 3.57. The molecule has 1 aliphatic carbocycles. The van der Waals surface area contributed by atoms with Gasteiger partial charge in [-0.1, -0.05) is 28.8 Å². The molecule has 0 unspecified atom stereocenters. The lowest BCUT2D eigenvalue weighted by atomic mass is 10.2. The summed E-state index contributed by atoms with van der Waals surface area (Å²) >= 11 is 3.53. The van der Waals surface area contributed by atoms with Crippen LogP contribution >= 0.6 is 15.9 Å². The van der Waals surface area contributed by atoms with Crippen LogP contribution in [-0.2, 0) is 0 Å². The van der Waals surface area contributed by atoms with Crippen LogP contribution in [0.25, 0.3) is 0 Å². The highest BCUT2D eigenvalue weighted by Crippen LogP contribution is 2.28. The molecule has 1 saturated carbocycles. The molecule has 16 heavy (non-hydrogen) atoms. The van der Waals surface area contributed by atoms with Crippen molar-refractivity contribution < 1.29 is 0 Å². The molecule has 0 radical (unpaired) electrons. The van der Waals surface area contributed by atoms with E-state index >= 15 is 0 Å². The monoisotopic (exact) mass is 283 g/mol. The molecule has 88 valence electrons. The number of aromatic nitrogens is 2. The number of rotatable bonds is 4. The van der Waals surface area contributed by atoms with Crippen LogP contribution in [0.5, 0.6) is 0 Å². The highest BCUT2D eigenvalue weighted by atomic mass is 79.9. The first-order valence-corrected chi connectivity index (χ1v) is 7.05. The van der Waals surface area contributed by atoms with Gasteiger partial charge in [0.1, 0.15) is 5.82 Å². The first-order chi connectivity index (χ1) is 7.83. The fraction of sp³-hybridized carbons (Fsp3) is 0.667. The van der Waals surface area contributed by atoms with E-state index in [2.05, 4.69) is 30.8 Å². The lowest BCUT2D eigenvalue weighted by molar-refractivity contribution is 0.612. The van der Waals surface area contributed by atoms with Crippen LogP contribution in [0.1, 0.15) is 31.4 Å². The van der Waals surface area contributed by atoms with Crippen molar-refractivity contribution in [1.29, 1.82) is 0 Å². The van der Waals surface area contributed by atoms with Crippen LogP contribution < -0.4 is 4.90 Å². The number of halogens is 1. The molecular formula is C12H18BrN3. The van der Waals surface area contributed by atoms with Crippen molar-refractivity contribution in [2.24, 2.45) is 0 Å². The second-order valence-electron chi connectivity index (χ2n) is 4.29. The summed E-state index contributed by atoms with van der Waals surface area (Å²) in [5.41, 5.74) is 1.04. The minimum absolute atomic E-state index is 0.660. The van der Waals surface area contributed by atoms with Crippen LogP contribution in [0.15, 0.2) is 12.4 Å². The third-order valence-electron chi connectivity index (χ3n) is 3.22. The van der Waals surface area contributed by atoms with Crippen LogP contribution in [-0.4, -0.2) is 27.9 Å². The van der Waals surface area contributed by atoms with E-state index in [0.717, 1.165) is 23.4 Å². The van der Waals surface area contributed by atoms with E-state index in [-0.39, 0.29) is 0 Å². The predicted molar refractivity (Wildman–Crippen MR) is 70.2 cm³/mol. The van der Waals surface area contributed by atoms with E-state index in [1.807, 2.05) is 6.92 Å². The summed E-state index contributed by atoms with van der Waals surface area (Å²) in [6, 6.07) is 0.660. The molecule has 0 aliphatic heterocycles. The van der Waals surface area contributed by atoms with Gasteiger partial charge in [0.2, 0.25) is 0 Å². The van der Waals surface area contributed by atoms with E-state index < -0.39 is 0 Å². The van der Waals surface area contributed by atoms with Crippen molar-refractivity contribution in [1.82, 2.24) is 9.97 Å². The highest BCUT2D eigenvalue weighted by Gasteiger charge is 2.24. The quantitative estimate of drug-likeness (QED) is 0.796. The zero-order valence-electron chi connectivity index (χ0n) is 9.69. The van der Waals surface area contributed by atoms with Crippen molar-refractivity contribution in [2.75, 3.05) is 16.8 Å². The van der Waals surface area contributed by atoms with E-state index in [1.165, 1.54) is 25.7 Å². The zero-order chi connectivity index (χ0) is 11.4. The van der Waals surface area contributed by atoms with Crippen LogP contribution in [0.3, 0.4) is 0 Å². The maximum Gasteiger partial charge on any atom is 0.150 e. The molecule has 0 spiro atoms. The second-order valence-corrected chi connectivity index (χ2v) is 5.08. The number of hydrogen-bond acceptors (Lipinski definition) is 3. The Balaban J connectivity index is 2.21. The van der Waals surface area contributed by atoms with Crippen molar-refractivity contribution >= 4 is 21.7 Å². The third kappa shape index (κ3) is 2.54. The van der Waals surface area contributed by atoms with E-state index in [9.17, 15) is 0 Å². The van der Waals surface area contributed by atoms with E-state index in [4.69, 9.17) is 0 Å². The first-order valence-electron chi connectivity index (χ1n) is 5.93. The Bertz CT molecular complexity index is 337. The summed E-state index contributed by atoms with van der Waals surface area (Å²) in [5.74, 6) is 1.06. The molecule has 0 bridgehead atoms. The minimum atomic E-state index is 0.660. The van der Waals surface area contributed by atoms with Gasteiger partial charge in [-0.3, -0.25) is 4.98 Å². The van der Waals surface area contributed by atoms with Gasteiger partial charge >= 0.3 is 0 Å². The number of aryl methyl sites for hydroxylation is 1. The van der Waals surface area contributed by atoms with Gasteiger partial charge in [-0.25, -0.2) is 4.98 Å². The van der Waals surface area contributed by atoms with Gasteiger partial charge < -0.3 is 4.90 Å². The van der Waals surface area contributed by atoms with Crippen molar-refractivity contribution in [3.63, 3.8) is 0 Å². The Kier molecular flexibility index (Phi) is 4.16. The number of anilines is 1. The normalized spacial score (nSPS) is 16.6. The van der Waals surface area contributed by atoms with Crippen LogP contribution in [0, 0.1) is 6.92 Å². The summed E-state index contributed by atoms with van der Waals surface area (Å²) in [7, 11) is 0. The zero-order valence-corrected chi connectivity index (χ0v) is 11.3. The largest absolute Gasteiger partial charge is 0.351 e. The van der Waals surface area contributed by atoms with Gasteiger partial charge in [-0.2, -0.15) is 0 Å². The number of nitrogens with zero attached hydrogens (tertiary/aromatic N) is 3. The maximum atomic E-state index is 4.48. The minimum Gasteiger partial charge on any atom is -0.351 e. The Morgan fingerprint density at radius 1 is 1.31 bits per heavy atom. The molecule has 4 heteroatoms. The topological polar surface area (TPSA) is 29.0 Å². The number of alkyl halides is 1. The Morgan fingerprint density at radius 3 is 2.62 bits per heavy atom. The molecule has 0 saturated heterocycles. The summed E-state index contributed by atoms with van der Waals surface area (Å²) < 4.78 is 0. The maximum absolute atomic E-state index is 4.48. The predicted octanol–water partition coefficient (Wildman–Crippen LogP) is 2.93. The molecule has 0 amide bonds. The van der Waals surface area contributed by atoms with Gasteiger partial charge in [0.05, 0.1) is 5.69 Å². The Labute approximate surface area is 105 Å². The molecule has 0 N–H and O–H groups in total. The van der Waals surface area contributed by atoms with Gasteiger partial charge in [0.25, 0.3) is 0 Å². The average Bonchev–Trinajstić information content (AvgIpc) is 2.80. The van der Waals surface area contributed by atoms with Crippen LogP contribution in [0.4, 0.5) is 5.82 Å². The van der Waals surface area contributed by atoms with Crippen molar-refractivity contribution in [3.05, 3.63) is 18.1 Å². The Hall–Kier alpha value is -0.640. The SMILES string of the molecule is Cc1nccnc1N(CCBr)C1CCCC1. The smallest absolute Gasteiger partial charge is 0.150 e. The highest BCUT2D eigenvalue weighted by molar-refractivity contribution is 9.09. The number of hydrogen-bond donors (Lipinski definition) is 0. The molecule has 1 aromatic heterocycles. The molecule has 1 heterocycles. The lowest BCUT2D eigenvalue weighted by Crippen LogP contribution is -2.36.